The van der Waals surface area contributed by atoms with E-state index in [2.05, 4.69) is 123 Å². The Kier molecular flexibility index (Phi) is 6.67. The standard InChI is InChI=1S/C38H32N2/c1-25-31(23-24-32(39)33(25)27-15-7-3-8-16-27)35-26(2)34(28-17-9-4-10-18-28)38(40)37(30-21-13-6-14-22-30)36(35)29-19-11-5-12-20-29/h3-24H,39-40H2,1-2H3. The first-order valence-electron chi connectivity index (χ1n) is 13.6. The molecule has 6 rings (SSSR count). The monoisotopic (exact) mass is 516 g/mol. The van der Waals surface area contributed by atoms with Gasteiger partial charge in [0.2, 0.25) is 0 Å². The van der Waals surface area contributed by atoms with E-state index in [1.807, 2.05) is 24.3 Å². The number of anilines is 2. The van der Waals surface area contributed by atoms with Crippen molar-refractivity contribution < 1.29 is 0 Å². The normalized spacial score (nSPS) is 10.9. The van der Waals surface area contributed by atoms with E-state index in [4.69, 9.17) is 11.5 Å². The molecule has 194 valence electrons. The van der Waals surface area contributed by atoms with Crippen LogP contribution in [0.25, 0.3) is 55.6 Å². The van der Waals surface area contributed by atoms with Gasteiger partial charge in [0.25, 0.3) is 0 Å². The third kappa shape index (κ3) is 4.34. The summed E-state index contributed by atoms with van der Waals surface area (Å²) in [4.78, 5) is 0. The van der Waals surface area contributed by atoms with Crippen LogP contribution in [-0.4, -0.2) is 0 Å². The second kappa shape index (κ2) is 10.6. The molecule has 0 aliphatic rings. The largest absolute Gasteiger partial charge is 0.398 e. The van der Waals surface area contributed by atoms with Crippen molar-refractivity contribution in [2.75, 3.05) is 11.5 Å². The highest BCUT2D eigenvalue weighted by atomic mass is 14.6. The molecular weight excluding hydrogens is 484 g/mol. The summed E-state index contributed by atoms with van der Waals surface area (Å²) in [7, 11) is 0. The second-order valence-corrected chi connectivity index (χ2v) is 10.2. The van der Waals surface area contributed by atoms with Crippen molar-refractivity contribution in [3.05, 3.63) is 145 Å². The fourth-order valence-electron chi connectivity index (χ4n) is 6.00. The van der Waals surface area contributed by atoms with Crippen molar-refractivity contribution >= 4 is 11.4 Å². The van der Waals surface area contributed by atoms with Gasteiger partial charge in [-0.2, -0.15) is 0 Å². The first-order valence-corrected chi connectivity index (χ1v) is 13.6. The highest BCUT2D eigenvalue weighted by Crippen LogP contribution is 2.51. The SMILES string of the molecule is Cc1c(-c2c(C)c(-c3ccccc3)c(N)c(-c3ccccc3)c2-c2ccccc2)ccc(N)c1-c1ccccc1. The molecule has 4 N–H and O–H groups in total. The van der Waals surface area contributed by atoms with Crippen LogP contribution in [0.2, 0.25) is 0 Å². The van der Waals surface area contributed by atoms with Crippen molar-refractivity contribution in [3.8, 4) is 55.6 Å². The molecule has 0 amide bonds. The summed E-state index contributed by atoms with van der Waals surface area (Å²) >= 11 is 0. The molecular formula is C38H32N2. The smallest absolute Gasteiger partial charge is 0.0482 e. The summed E-state index contributed by atoms with van der Waals surface area (Å²) in [5.41, 5.74) is 28.7. The Morgan fingerprint density at radius 1 is 0.350 bits per heavy atom. The average molecular weight is 517 g/mol. The van der Waals surface area contributed by atoms with Gasteiger partial charge in [-0.25, -0.2) is 0 Å². The number of benzene rings is 6. The zero-order valence-electron chi connectivity index (χ0n) is 22.9. The van der Waals surface area contributed by atoms with Gasteiger partial charge in [0.15, 0.2) is 0 Å². The van der Waals surface area contributed by atoms with Crippen LogP contribution in [-0.2, 0) is 0 Å². The van der Waals surface area contributed by atoms with Crippen LogP contribution in [0.5, 0.6) is 0 Å². The lowest BCUT2D eigenvalue weighted by Crippen LogP contribution is -2.05. The maximum atomic E-state index is 7.20. The van der Waals surface area contributed by atoms with Crippen LogP contribution in [0.1, 0.15) is 11.1 Å². The number of hydrogen-bond acceptors (Lipinski definition) is 2. The van der Waals surface area contributed by atoms with Crippen LogP contribution in [0, 0.1) is 13.8 Å². The zero-order chi connectivity index (χ0) is 27.6. The van der Waals surface area contributed by atoms with Crippen molar-refractivity contribution in [1.82, 2.24) is 0 Å². The molecule has 2 nitrogen and oxygen atoms in total. The number of rotatable bonds is 5. The van der Waals surface area contributed by atoms with Crippen molar-refractivity contribution in [1.29, 1.82) is 0 Å². The molecule has 0 spiro atoms. The molecule has 0 aliphatic carbocycles. The van der Waals surface area contributed by atoms with E-state index in [0.717, 1.165) is 72.6 Å². The summed E-state index contributed by atoms with van der Waals surface area (Å²) < 4.78 is 0. The molecule has 0 bridgehead atoms. The van der Waals surface area contributed by atoms with Gasteiger partial charge in [-0.3, -0.25) is 0 Å². The number of hydrogen-bond donors (Lipinski definition) is 2. The lowest BCUT2D eigenvalue weighted by Gasteiger charge is -2.26. The molecule has 0 fully saturated rings. The lowest BCUT2D eigenvalue weighted by atomic mass is 9.78. The van der Waals surface area contributed by atoms with E-state index < -0.39 is 0 Å². The minimum Gasteiger partial charge on any atom is -0.398 e. The van der Waals surface area contributed by atoms with Gasteiger partial charge in [0.1, 0.15) is 0 Å². The molecule has 6 aromatic carbocycles. The maximum Gasteiger partial charge on any atom is 0.0482 e. The second-order valence-electron chi connectivity index (χ2n) is 10.2. The van der Waals surface area contributed by atoms with E-state index in [9.17, 15) is 0 Å². The van der Waals surface area contributed by atoms with E-state index in [1.54, 1.807) is 0 Å². The minimum absolute atomic E-state index is 0.772. The highest BCUT2D eigenvalue weighted by Gasteiger charge is 2.26. The predicted molar refractivity (Wildman–Crippen MR) is 172 cm³/mol. The van der Waals surface area contributed by atoms with E-state index in [-0.39, 0.29) is 0 Å². The summed E-state index contributed by atoms with van der Waals surface area (Å²) in [6.45, 7) is 4.39. The molecule has 2 heteroatoms. The molecule has 0 saturated carbocycles. The van der Waals surface area contributed by atoms with Crippen molar-refractivity contribution in [2.45, 2.75) is 13.8 Å². The van der Waals surface area contributed by atoms with Gasteiger partial charge < -0.3 is 11.5 Å². The first-order chi connectivity index (χ1) is 19.6. The Morgan fingerprint density at radius 2 is 0.750 bits per heavy atom. The predicted octanol–water partition coefficient (Wildman–Crippen LogP) is 9.80. The Labute approximate surface area is 236 Å². The molecule has 40 heavy (non-hydrogen) atoms. The van der Waals surface area contributed by atoms with Gasteiger partial charge >= 0.3 is 0 Å². The molecule has 0 unspecified atom stereocenters. The summed E-state index contributed by atoms with van der Waals surface area (Å²) in [5.74, 6) is 0. The summed E-state index contributed by atoms with van der Waals surface area (Å²) in [6.07, 6.45) is 0. The zero-order valence-corrected chi connectivity index (χ0v) is 22.9. The maximum absolute atomic E-state index is 7.20. The fourth-order valence-corrected chi connectivity index (χ4v) is 6.00. The first kappa shape index (κ1) is 25.2. The summed E-state index contributed by atoms with van der Waals surface area (Å²) in [6, 6.07) is 46.2. The fraction of sp³-hybridized carbons (Fsp3) is 0.0526. The van der Waals surface area contributed by atoms with Gasteiger partial charge in [0.05, 0.1) is 0 Å². The molecule has 0 atom stereocenters. The van der Waals surface area contributed by atoms with Crippen LogP contribution < -0.4 is 11.5 Å². The Hall–Kier alpha value is -5.08. The Morgan fingerprint density at radius 3 is 1.23 bits per heavy atom. The topological polar surface area (TPSA) is 52.0 Å². The average Bonchev–Trinajstić information content (AvgIpc) is 3.00. The third-order valence-corrected chi connectivity index (χ3v) is 7.81. The van der Waals surface area contributed by atoms with Crippen LogP contribution in [0.15, 0.2) is 133 Å². The molecule has 0 aromatic heterocycles. The third-order valence-electron chi connectivity index (χ3n) is 7.81. The van der Waals surface area contributed by atoms with Crippen LogP contribution >= 0.6 is 0 Å². The molecule has 0 heterocycles. The molecule has 0 aliphatic heterocycles. The number of nitrogen functional groups attached to an aromatic ring is 2. The van der Waals surface area contributed by atoms with Crippen LogP contribution in [0.4, 0.5) is 11.4 Å². The van der Waals surface area contributed by atoms with Gasteiger partial charge in [-0.15, -0.1) is 0 Å². The van der Waals surface area contributed by atoms with Gasteiger partial charge in [-0.1, -0.05) is 127 Å². The Bertz CT molecular complexity index is 1790. The summed E-state index contributed by atoms with van der Waals surface area (Å²) in [5, 5.41) is 0. The van der Waals surface area contributed by atoms with E-state index >= 15 is 0 Å². The Balaban J connectivity index is 1.80. The van der Waals surface area contributed by atoms with E-state index in [0.29, 0.717) is 0 Å². The number of nitrogens with two attached hydrogens (primary N) is 2. The lowest BCUT2D eigenvalue weighted by molar-refractivity contribution is 1.40. The molecule has 6 aromatic rings. The molecule has 0 radical (unpaired) electrons. The van der Waals surface area contributed by atoms with Gasteiger partial charge in [0, 0.05) is 28.1 Å². The molecule has 0 saturated heterocycles. The highest BCUT2D eigenvalue weighted by molar-refractivity contribution is 6.08. The van der Waals surface area contributed by atoms with Crippen LogP contribution in [0.3, 0.4) is 0 Å². The van der Waals surface area contributed by atoms with Crippen molar-refractivity contribution in [3.63, 3.8) is 0 Å². The van der Waals surface area contributed by atoms with Crippen molar-refractivity contribution in [2.24, 2.45) is 0 Å². The van der Waals surface area contributed by atoms with E-state index in [1.165, 1.54) is 5.56 Å². The minimum atomic E-state index is 0.772. The quantitative estimate of drug-likeness (QED) is 0.224. The van der Waals surface area contributed by atoms with Gasteiger partial charge in [-0.05, 0) is 70.0 Å².